The van der Waals surface area contributed by atoms with E-state index in [0.717, 1.165) is 0 Å². The van der Waals surface area contributed by atoms with E-state index in [1.165, 1.54) is 0 Å². The lowest BCUT2D eigenvalue weighted by Gasteiger charge is -2.06. The summed E-state index contributed by atoms with van der Waals surface area (Å²) in [6.45, 7) is 0.103. The van der Waals surface area contributed by atoms with Gasteiger partial charge in [-0.05, 0) is 18.6 Å². The number of halogens is 3. The summed E-state index contributed by atoms with van der Waals surface area (Å²) < 4.78 is 40.6. The van der Waals surface area contributed by atoms with Crippen LogP contribution in [0.4, 0.5) is 13.2 Å². The largest absolute Gasteiger partial charge is 0.494 e. The van der Waals surface area contributed by atoms with Crippen molar-refractivity contribution < 1.29 is 22.7 Å². The van der Waals surface area contributed by atoms with Crippen LogP contribution in [0, 0.1) is 0 Å². The second kappa shape index (κ2) is 5.53. The van der Waals surface area contributed by atoms with Crippen LogP contribution in [-0.2, 0) is 4.79 Å². The maximum Gasteiger partial charge on any atom is 0.449 e. The van der Waals surface area contributed by atoms with Gasteiger partial charge in [0.2, 0.25) is 5.78 Å². The fourth-order valence-electron chi connectivity index (χ4n) is 1.08. The second-order valence-corrected chi connectivity index (χ2v) is 3.19. The summed E-state index contributed by atoms with van der Waals surface area (Å²) in [7, 11) is 0. The van der Waals surface area contributed by atoms with Crippen LogP contribution < -0.4 is 4.74 Å². The van der Waals surface area contributed by atoms with E-state index in [2.05, 4.69) is 0 Å². The molecule has 1 aromatic carbocycles. The molecule has 0 aromatic heterocycles. The Balaban J connectivity index is 2.20. The predicted octanol–water partition coefficient (Wildman–Crippen LogP) is 2.98. The lowest BCUT2D eigenvalue weighted by atomic mass is 10.2. The van der Waals surface area contributed by atoms with Gasteiger partial charge in [-0.2, -0.15) is 13.2 Å². The molecule has 1 aromatic rings. The molecule has 16 heavy (non-hydrogen) atoms. The first-order valence-electron chi connectivity index (χ1n) is 4.78. The standard InChI is InChI=1S/C11H11F3O2/c12-11(13,14)10(15)7-4-8-16-9-5-2-1-3-6-9/h1-3,5-6H,4,7-8H2. The Morgan fingerprint density at radius 1 is 1.19 bits per heavy atom. The zero-order valence-electron chi connectivity index (χ0n) is 8.46. The van der Waals surface area contributed by atoms with E-state index in [-0.39, 0.29) is 13.0 Å². The van der Waals surface area contributed by atoms with Gasteiger partial charge in [0.1, 0.15) is 5.75 Å². The van der Waals surface area contributed by atoms with Crippen molar-refractivity contribution in [2.24, 2.45) is 0 Å². The summed E-state index contributed by atoms with van der Waals surface area (Å²) >= 11 is 0. The number of hydrogen-bond donors (Lipinski definition) is 0. The number of ether oxygens (including phenoxy) is 1. The summed E-state index contributed by atoms with van der Waals surface area (Å²) in [4.78, 5) is 10.5. The Kier molecular flexibility index (Phi) is 4.34. The van der Waals surface area contributed by atoms with Gasteiger partial charge in [-0.3, -0.25) is 4.79 Å². The molecule has 0 saturated heterocycles. The number of hydrogen-bond acceptors (Lipinski definition) is 2. The normalized spacial score (nSPS) is 11.2. The Hall–Kier alpha value is -1.52. The van der Waals surface area contributed by atoms with Gasteiger partial charge in [0.15, 0.2) is 0 Å². The van der Waals surface area contributed by atoms with Gasteiger partial charge >= 0.3 is 6.18 Å². The first-order valence-corrected chi connectivity index (χ1v) is 4.78. The van der Waals surface area contributed by atoms with Crippen LogP contribution in [0.3, 0.4) is 0 Å². The molecule has 88 valence electrons. The van der Waals surface area contributed by atoms with Gasteiger partial charge in [-0.25, -0.2) is 0 Å². The number of ketones is 1. The molecule has 0 fully saturated rings. The molecule has 0 radical (unpaired) electrons. The van der Waals surface area contributed by atoms with Crippen molar-refractivity contribution >= 4 is 5.78 Å². The number of carbonyl (C=O) groups excluding carboxylic acids is 1. The minimum Gasteiger partial charge on any atom is -0.494 e. The van der Waals surface area contributed by atoms with Crippen molar-refractivity contribution in [1.29, 1.82) is 0 Å². The van der Waals surface area contributed by atoms with E-state index in [0.29, 0.717) is 5.75 Å². The zero-order valence-corrected chi connectivity index (χ0v) is 8.46. The van der Waals surface area contributed by atoms with Crippen LogP contribution >= 0.6 is 0 Å². The fourth-order valence-corrected chi connectivity index (χ4v) is 1.08. The van der Waals surface area contributed by atoms with E-state index in [1.807, 2.05) is 0 Å². The molecular formula is C11H11F3O2. The van der Waals surface area contributed by atoms with Gasteiger partial charge in [0.05, 0.1) is 6.61 Å². The summed E-state index contributed by atoms with van der Waals surface area (Å²) in [5.74, 6) is -1.12. The highest BCUT2D eigenvalue weighted by Crippen LogP contribution is 2.18. The molecule has 1 rings (SSSR count). The first kappa shape index (κ1) is 12.5. The maximum absolute atomic E-state index is 11.8. The number of para-hydroxylation sites is 1. The number of carbonyl (C=O) groups is 1. The summed E-state index contributed by atoms with van der Waals surface area (Å²) in [6, 6.07) is 8.73. The van der Waals surface area contributed by atoms with E-state index in [1.54, 1.807) is 30.3 Å². The third-order valence-electron chi connectivity index (χ3n) is 1.88. The number of rotatable bonds is 5. The van der Waals surface area contributed by atoms with Crippen LogP contribution in [0.1, 0.15) is 12.8 Å². The fraction of sp³-hybridized carbons (Fsp3) is 0.364. The quantitative estimate of drug-likeness (QED) is 0.729. The first-order chi connectivity index (χ1) is 7.50. The van der Waals surface area contributed by atoms with Crippen molar-refractivity contribution in [1.82, 2.24) is 0 Å². The molecule has 0 amide bonds. The maximum atomic E-state index is 11.8. The Morgan fingerprint density at radius 3 is 2.38 bits per heavy atom. The van der Waals surface area contributed by atoms with Crippen molar-refractivity contribution in [3.63, 3.8) is 0 Å². The van der Waals surface area contributed by atoms with E-state index in [4.69, 9.17) is 4.74 Å². The molecule has 0 heterocycles. The van der Waals surface area contributed by atoms with Crippen LogP contribution in [0.2, 0.25) is 0 Å². The van der Waals surface area contributed by atoms with Gasteiger partial charge in [0, 0.05) is 6.42 Å². The highest BCUT2D eigenvalue weighted by Gasteiger charge is 2.37. The average Bonchev–Trinajstić information content (AvgIpc) is 2.24. The van der Waals surface area contributed by atoms with Crippen LogP contribution in [0.5, 0.6) is 5.75 Å². The number of Topliss-reactive ketones (excluding diaryl/α,β-unsaturated/α-hetero) is 1. The third kappa shape index (κ3) is 4.33. The highest BCUT2D eigenvalue weighted by atomic mass is 19.4. The summed E-state index contributed by atoms with van der Waals surface area (Å²) in [5.41, 5.74) is 0. The van der Waals surface area contributed by atoms with Crippen LogP contribution in [0.15, 0.2) is 30.3 Å². The van der Waals surface area contributed by atoms with Gasteiger partial charge in [-0.1, -0.05) is 18.2 Å². The van der Waals surface area contributed by atoms with Crippen molar-refractivity contribution in [2.45, 2.75) is 19.0 Å². The highest BCUT2D eigenvalue weighted by molar-refractivity contribution is 5.83. The molecule has 2 nitrogen and oxygen atoms in total. The van der Waals surface area contributed by atoms with Gasteiger partial charge in [0.25, 0.3) is 0 Å². The molecule has 0 spiro atoms. The van der Waals surface area contributed by atoms with Crippen LogP contribution in [0.25, 0.3) is 0 Å². The monoisotopic (exact) mass is 232 g/mol. The lowest BCUT2D eigenvalue weighted by Crippen LogP contribution is -2.22. The van der Waals surface area contributed by atoms with E-state index in [9.17, 15) is 18.0 Å². The van der Waals surface area contributed by atoms with E-state index >= 15 is 0 Å². The SMILES string of the molecule is O=C(CCCOc1ccccc1)C(F)(F)F. The number of alkyl halides is 3. The Labute approximate surface area is 91.0 Å². The molecule has 0 unspecified atom stereocenters. The second-order valence-electron chi connectivity index (χ2n) is 3.19. The average molecular weight is 232 g/mol. The van der Waals surface area contributed by atoms with Crippen LogP contribution in [-0.4, -0.2) is 18.6 Å². The molecule has 0 saturated carbocycles. The van der Waals surface area contributed by atoms with Gasteiger partial charge < -0.3 is 4.74 Å². The summed E-state index contributed by atoms with van der Waals surface area (Å²) in [5, 5.41) is 0. The predicted molar refractivity (Wildman–Crippen MR) is 52.2 cm³/mol. The van der Waals surface area contributed by atoms with Crippen molar-refractivity contribution in [3.8, 4) is 5.75 Å². The Morgan fingerprint density at radius 2 is 1.81 bits per heavy atom. The van der Waals surface area contributed by atoms with Crippen molar-refractivity contribution in [3.05, 3.63) is 30.3 Å². The van der Waals surface area contributed by atoms with Crippen molar-refractivity contribution in [2.75, 3.05) is 6.61 Å². The topological polar surface area (TPSA) is 26.3 Å². The molecule has 0 bridgehead atoms. The number of benzene rings is 1. The Bertz CT molecular complexity index is 333. The molecule has 0 aliphatic heterocycles. The summed E-state index contributed by atoms with van der Waals surface area (Å²) in [6.07, 6.45) is -5.20. The third-order valence-corrected chi connectivity index (χ3v) is 1.88. The molecule has 0 N–H and O–H groups in total. The molecule has 0 aliphatic rings. The minimum absolute atomic E-state index is 0.0627. The zero-order chi connectivity index (χ0) is 12.0. The molecular weight excluding hydrogens is 221 g/mol. The van der Waals surface area contributed by atoms with Gasteiger partial charge in [-0.15, -0.1) is 0 Å². The minimum atomic E-state index is -4.73. The lowest BCUT2D eigenvalue weighted by molar-refractivity contribution is -0.171. The van der Waals surface area contributed by atoms with E-state index < -0.39 is 18.4 Å². The molecule has 0 aliphatic carbocycles. The molecule has 0 atom stereocenters. The smallest absolute Gasteiger partial charge is 0.449 e. The molecule has 5 heteroatoms.